The van der Waals surface area contributed by atoms with Gasteiger partial charge in [-0.2, -0.15) is 5.26 Å². The van der Waals surface area contributed by atoms with Gasteiger partial charge in [0.25, 0.3) is 0 Å². The van der Waals surface area contributed by atoms with E-state index in [0.717, 1.165) is 4.85 Å². The number of hydrogen-bond acceptors (Lipinski definition) is 3. The molecule has 0 aliphatic rings. The lowest BCUT2D eigenvalue weighted by Crippen LogP contribution is -2.40. The molecule has 0 amide bonds. The Kier molecular flexibility index (Phi) is 3.36. The van der Waals surface area contributed by atoms with Crippen molar-refractivity contribution in [3.05, 3.63) is 23.9 Å². The lowest BCUT2D eigenvalue weighted by molar-refractivity contribution is -0.779. The van der Waals surface area contributed by atoms with Crippen LogP contribution in [0.15, 0.2) is 18.2 Å². The molecule has 2 aromatic rings. The number of phenols is 1. The molecule has 0 saturated carbocycles. The standard InChI is InChI=1S/C9H7N3O2.C2H6/c1-11-9(5-10)7-4-6(13)2-3-8(7)12(11)14;1-2/h2-4H,1H3,(H-,13,14);1-2H3/p+1. The summed E-state index contributed by atoms with van der Waals surface area (Å²) in [7, 11) is 1.57. The van der Waals surface area contributed by atoms with Crippen molar-refractivity contribution in [3.8, 4) is 11.8 Å². The summed E-state index contributed by atoms with van der Waals surface area (Å²) in [6.45, 7) is 4.00. The number of aromatic hydroxyl groups is 1. The van der Waals surface area contributed by atoms with E-state index in [4.69, 9.17) is 5.26 Å². The van der Waals surface area contributed by atoms with Gasteiger partial charge in [-0.1, -0.05) is 18.5 Å². The van der Waals surface area contributed by atoms with Gasteiger partial charge in [-0.3, -0.25) is 0 Å². The maximum Gasteiger partial charge on any atom is 0.319 e. The van der Waals surface area contributed by atoms with Crippen LogP contribution in [0.1, 0.15) is 19.5 Å². The lowest BCUT2D eigenvalue weighted by Gasteiger charge is -1.89. The van der Waals surface area contributed by atoms with E-state index in [1.54, 1.807) is 13.1 Å². The molecule has 2 N–H and O–H groups in total. The van der Waals surface area contributed by atoms with E-state index >= 15 is 0 Å². The molecule has 0 aliphatic heterocycles. The molecule has 16 heavy (non-hydrogen) atoms. The second kappa shape index (κ2) is 4.53. The fraction of sp³-hybridized carbons (Fsp3) is 0.273. The molecule has 0 aliphatic carbocycles. The monoisotopic (exact) mass is 220 g/mol. The normalized spacial score (nSPS) is 9.38. The Bertz CT molecular complexity index is 552. The number of benzene rings is 1. The van der Waals surface area contributed by atoms with E-state index in [0.29, 0.717) is 16.6 Å². The summed E-state index contributed by atoms with van der Waals surface area (Å²) in [6.07, 6.45) is 0. The summed E-state index contributed by atoms with van der Waals surface area (Å²) in [4.78, 5) is 0.868. The Morgan fingerprint density at radius 3 is 2.56 bits per heavy atom. The van der Waals surface area contributed by atoms with Gasteiger partial charge in [0.15, 0.2) is 18.6 Å². The van der Waals surface area contributed by atoms with Crippen molar-refractivity contribution in [3.63, 3.8) is 0 Å². The third kappa shape index (κ3) is 1.65. The van der Waals surface area contributed by atoms with Crippen molar-refractivity contribution in [2.24, 2.45) is 7.05 Å². The van der Waals surface area contributed by atoms with Crippen LogP contribution in [0.2, 0.25) is 0 Å². The number of hydrogen-bond donors (Lipinski definition) is 2. The second-order valence-electron chi connectivity index (χ2n) is 2.97. The highest BCUT2D eigenvalue weighted by molar-refractivity contribution is 5.83. The van der Waals surface area contributed by atoms with E-state index < -0.39 is 0 Å². The molecule has 0 saturated heterocycles. The topological polar surface area (TPSA) is 73.1 Å². The first-order chi connectivity index (χ1) is 7.65. The smallest absolute Gasteiger partial charge is 0.319 e. The summed E-state index contributed by atoms with van der Waals surface area (Å²) in [5.74, 6) is 0.0696. The van der Waals surface area contributed by atoms with Crippen molar-refractivity contribution < 1.29 is 15.0 Å². The molecule has 0 fully saturated rings. The number of nitriles is 1. The van der Waals surface area contributed by atoms with Gasteiger partial charge >= 0.3 is 5.69 Å². The number of fused-ring (bicyclic) bond motifs is 1. The van der Waals surface area contributed by atoms with Gasteiger partial charge in [-0.25, -0.2) is 0 Å². The fourth-order valence-electron chi connectivity index (χ4n) is 1.45. The number of aromatic nitrogens is 2. The molecular weight excluding hydrogens is 206 g/mol. The molecule has 0 spiro atoms. The van der Waals surface area contributed by atoms with Crippen molar-refractivity contribution >= 4 is 10.9 Å². The molecule has 0 atom stereocenters. The summed E-state index contributed by atoms with van der Waals surface area (Å²) in [6, 6.07) is 6.40. The van der Waals surface area contributed by atoms with Crippen molar-refractivity contribution in [2.75, 3.05) is 0 Å². The predicted octanol–water partition coefficient (Wildman–Crippen LogP) is 1.31. The van der Waals surface area contributed by atoms with Crippen LogP contribution < -0.4 is 4.68 Å². The summed E-state index contributed by atoms with van der Waals surface area (Å²) >= 11 is 0. The van der Waals surface area contributed by atoms with Crippen LogP contribution in [0.3, 0.4) is 0 Å². The Labute approximate surface area is 93.3 Å². The van der Waals surface area contributed by atoms with Crippen LogP contribution in [0.4, 0.5) is 0 Å². The summed E-state index contributed by atoms with van der Waals surface area (Å²) in [5.41, 5.74) is 0.792. The van der Waals surface area contributed by atoms with E-state index in [1.165, 1.54) is 16.8 Å². The van der Waals surface area contributed by atoms with Crippen molar-refractivity contribution in [1.82, 2.24) is 4.85 Å². The van der Waals surface area contributed by atoms with E-state index in [2.05, 4.69) is 0 Å². The molecule has 5 nitrogen and oxygen atoms in total. The Morgan fingerprint density at radius 2 is 2.00 bits per heavy atom. The van der Waals surface area contributed by atoms with E-state index in [9.17, 15) is 10.3 Å². The minimum atomic E-state index is 0.0696. The zero-order chi connectivity index (χ0) is 12.3. The highest BCUT2D eigenvalue weighted by atomic mass is 16.5. The van der Waals surface area contributed by atoms with Gasteiger partial charge in [0, 0.05) is 4.85 Å². The maximum atomic E-state index is 9.55. The van der Waals surface area contributed by atoms with E-state index in [-0.39, 0.29) is 5.75 Å². The Morgan fingerprint density at radius 1 is 1.38 bits per heavy atom. The highest BCUT2D eigenvalue weighted by Crippen LogP contribution is 2.20. The second-order valence-corrected chi connectivity index (χ2v) is 2.97. The lowest BCUT2D eigenvalue weighted by atomic mass is 10.2. The average Bonchev–Trinajstić information content (AvgIpc) is 2.54. The molecular formula is C11H14N3O2+. The molecule has 5 heteroatoms. The first-order valence-electron chi connectivity index (χ1n) is 4.98. The van der Waals surface area contributed by atoms with Crippen LogP contribution in [-0.4, -0.2) is 15.2 Å². The number of nitrogens with zero attached hydrogens (tertiary/aromatic N) is 3. The molecule has 84 valence electrons. The van der Waals surface area contributed by atoms with Crippen LogP contribution in [-0.2, 0) is 7.05 Å². The summed E-state index contributed by atoms with van der Waals surface area (Å²) < 4.78 is 1.31. The first kappa shape index (κ1) is 11.9. The highest BCUT2D eigenvalue weighted by Gasteiger charge is 2.21. The SMILES string of the molecule is CC.C[n+]1c(C#N)c2cc(O)ccc2n1O. The van der Waals surface area contributed by atoms with Crippen molar-refractivity contribution in [2.45, 2.75) is 13.8 Å². The van der Waals surface area contributed by atoms with Crippen molar-refractivity contribution in [1.29, 1.82) is 5.26 Å². The van der Waals surface area contributed by atoms with Gasteiger partial charge in [-0.05, 0) is 18.2 Å². The predicted molar refractivity (Wildman–Crippen MR) is 58.0 cm³/mol. The fourth-order valence-corrected chi connectivity index (χ4v) is 1.45. The minimum absolute atomic E-state index is 0.0696. The number of rotatable bonds is 0. The van der Waals surface area contributed by atoms with Crippen LogP contribution in [0.5, 0.6) is 5.75 Å². The van der Waals surface area contributed by atoms with Crippen LogP contribution in [0, 0.1) is 11.3 Å². The molecule has 0 radical (unpaired) electrons. The maximum absolute atomic E-state index is 9.55. The molecule has 1 aromatic heterocycles. The quantitative estimate of drug-likeness (QED) is 0.519. The zero-order valence-corrected chi connectivity index (χ0v) is 9.47. The Balaban J connectivity index is 0.000000606. The minimum Gasteiger partial charge on any atom is -0.508 e. The van der Waals surface area contributed by atoms with Crippen LogP contribution >= 0.6 is 0 Å². The van der Waals surface area contributed by atoms with Crippen LogP contribution in [0.25, 0.3) is 10.9 Å². The first-order valence-corrected chi connectivity index (χ1v) is 4.98. The largest absolute Gasteiger partial charge is 0.508 e. The van der Waals surface area contributed by atoms with Gasteiger partial charge in [0.2, 0.25) is 0 Å². The van der Waals surface area contributed by atoms with Gasteiger partial charge in [-0.15, -0.1) is 0 Å². The van der Waals surface area contributed by atoms with Gasteiger partial charge < -0.3 is 10.3 Å². The molecule has 2 rings (SSSR count). The third-order valence-corrected chi connectivity index (χ3v) is 2.16. The summed E-state index contributed by atoms with van der Waals surface area (Å²) in [5, 5.41) is 28.2. The van der Waals surface area contributed by atoms with E-state index in [1.807, 2.05) is 19.9 Å². The third-order valence-electron chi connectivity index (χ3n) is 2.16. The molecule has 0 unspecified atom stereocenters. The van der Waals surface area contributed by atoms with Gasteiger partial charge in [0.05, 0.1) is 5.39 Å². The molecule has 1 heterocycles. The zero-order valence-electron chi connectivity index (χ0n) is 9.47. The molecule has 1 aromatic carbocycles. The van der Waals surface area contributed by atoms with Gasteiger partial charge in [0.1, 0.15) is 5.75 Å². The number of phenolic OH excluding ortho intramolecular Hbond substituents is 1. The molecule has 0 bridgehead atoms. The Hall–Kier alpha value is -2.22. The average molecular weight is 220 g/mol.